The van der Waals surface area contributed by atoms with Gasteiger partial charge in [0.25, 0.3) is 11.8 Å². The van der Waals surface area contributed by atoms with Gasteiger partial charge in [-0.05, 0) is 42.7 Å². The van der Waals surface area contributed by atoms with Crippen LogP contribution < -0.4 is 10.1 Å². The van der Waals surface area contributed by atoms with Crippen molar-refractivity contribution in [3.8, 4) is 5.75 Å². The molecule has 1 atom stereocenters. The molecule has 2 aromatic rings. The van der Waals surface area contributed by atoms with Crippen molar-refractivity contribution in [2.45, 2.75) is 26.0 Å². The van der Waals surface area contributed by atoms with Crippen molar-refractivity contribution in [3.63, 3.8) is 0 Å². The number of halogens is 2. The zero-order valence-electron chi connectivity index (χ0n) is 18.6. The minimum Gasteiger partial charge on any atom is -0.434 e. The summed E-state index contributed by atoms with van der Waals surface area (Å²) in [6.07, 6.45) is 1.23. The number of piperidine rings is 1. The van der Waals surface area contributed by atoms with Gasteiger partial charge < -0.3 is 19.9 Å². The third-order valence-electron chi connectivity index (χ3n) is 5.46. The summed E-state index contributed by atoms with van der Waals surface area (Å²) >= 11 is 0. The third-order valence-corrected chi connectivity index (χ3v) is 5.46. The van der Waals surface area contributed by atoms with Crippen LogP contribution in [0.25, 0.3) is 0 Å². The second kappa shape index (κ2) is 10.9. The number of hydrogen-bond acceptors (Lipinski definition) is 4. The van der Waals surface area contributed by atoms with Gasteiger partial charge in [-0.3, -0.25) is 14.4 Å². The quantitative estimate of drug-likeness (QED) is 0.690. The summed E-state index contributed by atoms with van der Waals surface area (Å²) in [5.41, 5.74) is 1.37. The average molecular weight is 459 g/mol. The first kappa shape index (κ1) is 24.2. The number of nitrogens with zero attached hydrogens (tertiary/aromatic N) is 2. The molecule has 1 fully saturated rings. The number of hydrogen-bond donors (Lipinski definition) is 1. The van der Waals surface area contributed by atoms with Gasteiger partial charge in [0.15, 0.2) is 0 Å². The number of carbonyl (C=O) groups is 3. The number of benzene rings is 2. The molecule has 0 spiro atoms. The van der Waals surface area contributed by atoms with Crippen molar-refractivity contribution in [2.24, 2.45) is 5.92 Å². The van der Waals surface area contributed by atoms with Crippen LogP contribution in [0.4, 0.5) is 8.78 Å². The molecule has 0 aromatic heterocycles. The van der Waals surface area contributed by atoms with E-state index >= 15 is 0 Å². The van der Waals surface area contributed by atoms with E-state index in [0.717, 1.165) is 5.56 Å². The zero-order valence-corrected chi connectivity index (χ0v) is 18.6. The molecule has 3 rings (SSSR count). The van der Waals surface area contributed by atoms with Crippen LogP contribution in [0.5, 0.6) is 5.75 Å². The van der Waals surface area contributed by atoms with Crippen molar-refractivity contribution < 1.29 is 27.9 Å². The Balaban J connectivity index is 1.62. The number of rotatable bonds is 7. The Morgan fingerprint density at radius 2 is 1.91 bits per heavy atom. The van der Waals surface area contributed by atoms with Crippen molar-refractivity contribution in [1.29, 1.82) is 0 Å². The molecule has 9 heteroatoms. The lowest BCUT2D eigenvalue weighted by Crippen LogP contribution is -2.45. The van der Waals surface area contributed by atoms with E-state index in [2.05, 4.69) is 10.1 Å². The molecule has 176 valence electrons. The Morgan fingerprint density at radius 3 is 2.64 bits per heavy atom. The lowest BCUT2D eigenvalue weighted by Gasteiger charge is -2.32. The number of amides is 3. The Bertz CT molecular complexity index is 1010. The Morgan fingerprint density at radius 1 is 1.15 bits per heavy atom. The molecule has 0 aliphatic carbocycles. The van der Waals surface area contributed by atoms with E-state index in [-0.39, 0.29) is 36.2 Å². The second-order valence-corrected chi connectivity index (χ2v) is 8.08. The SMILES string of the molecule is CN(C)C(=O)c1cccc(CNC(=O)C2CCCN(C(=O)c3ccccc3OC(F)F)C2)c1. The van der Waals surface area contributed by atoms with Gasteiger partial charge in [-0.15, -0.1) is 0 Å². The van der Waals surface area contributed by atoms with Crippen LogP contribution in [-0.4, -0.2) is 61.3 Å². The predicted molar refractivity (Wildman–Crippen MR) is 118 cm³/mol. The molecule has 1 unspecified atom stereocenters. The third kappa shape index (κ3) is 6.27. The lowest BCUT2D eigenvalue weighted by molar-refractivity contribution is -0.126. The van der Waals surface area contributed by atoms with Crippen LogP contribution >= 0.6 is 0 Å². The van der Waals surface area contributed by atoms with Crippen LogP contribution in [0.1, 0.15) is 39.1 Å². The van der Waals surface area contributed by atoms with E-state index in [1.165, 1.54) is 28.0 Å². The fourth-order valence-corrected chi connectivity index (χ4v) is 3.79. The number of carbonyl (C=O) groups excluding carboxylic acids is 3. The van der Waals surface area contributed by atoms with Crippen molar-refractivity contribution in [2.75, 3.05) is 27.2 Å². The van der Waals surface area contributed by atoms with Crippen LogP contribution in [-0.2, 0) is 11.3 Å². The van der Waals surface area contributed by atoms with E-state index < -0.39 is 18.4 Å². The number of para-hydroxylation sites is 1. The first-order valence-corrected chi connectivity index (χ1v) is 10.7. The molecule has 1 aliphatic heterocycles. The second-order valence-electron chi connectivity index (χ2n) is 8.08. The molecule has 33 heavy (non-hydrogen) atoms. The zero-order chi connectivity index (χ0) is 24.0. The Hall–Kier alpha value is -3.49. The van der Waals surface area contributed by atoms with Gasteiger partial charge in [-0.25, -0.2) is 0 Å². The van der Waals surface area contributed by atoms with Crippen molar-refractivity contribution >= 4 is 17.7 Å². The van der Waals surface area contributed by atoms with Gasteiger partial charge in [0, 0.05) is 39.3 Å². The van der Waals surface area contributed by atoms with Crippen LogP contribution in [0, 0.1) is 5.92 Å². The molecular formula is C24H27F2N3O4. The minimum atomic E-state index is -3.04. The number of alkyl halides is 2. The topological polar surface area (TPSA) is 79.0 Å². The van der Waals surface area contributed by atoms with Gasteiger partial charge in [0.05, 0.1) is 11.5 Å². The number of likely N-dealkylation sites (tertiary alicyclic amines) is 1. The molecule has 0 radical (unpaired) electrons. The molecule has 1 N–H and O–H groups in total. The van der Waals surface area contributed by atoms with Crippen molar-refractivity contribution in [3.05, 3.63) is 65.2 Å². The molecule has 0 bridgehead atoms. The first-order chi connectivity index (χ1) is 15.8. The largest absolute Gasteiger partial charge is 0.434 e. The highest BCUT2D eigenvalue weighted by molar-refractivity contribution is 5.97. The normalized spacial score (nSPS) is 15.8. The van der Waals surface area contributed by atoms with Crippen molar-refractivity contribution in [1.82, 2.24) is 15.1 Å². The molecule has 7 nitrogen and oxygen atoms in total. The van der Waals surface area contributed by atoms with E-state index in [1.54, 1.807) is 38.4 Å². The lowest BCUT2D eigenvalue weighted by atomic mass is 9.96. The van der Waals surface area contributed by atoms with E-state index in [0.29, 0.717) is 24.9 Å². The minimum absolute atomic E-state index is 0.0428. The standard InChI is InChI=1S/C24H27F2N3O4/c1-28(2)22(31)17-8-5-7-16(13-17)14-27-21(30)18-9-6-12-29(15-18)23(32)19-10-3-4-11-20(19)33-24(25)26/h3-5,7-8,10-11,13,18,24H,6,9,12,14-15H2,1-2H3,(H,27,30). The van der Waals surface area contributed by atoms with Gasteiger partial charge in [0.2, 0.25) is 5.91 Å². The first-order valence-electron chi connectivity index (χ1n) is 10.7. The van der Waals surface area contributed by atoms with E-state index in [1.807, 2.05) is 6.07 Å². The molecule has 1 saturated heterocycles. The van der Waals surface area contributed by atoms with Gasteiger partial charge in [-0.2, -0.15) is 8.78 Å². The summed E-state index contributed by atoms with van der Waals surface area (Å²) in [7, 11) is 3.34. The highest BCUT2D eigenvalue weighted by Gasteiger charge is 2.30. The summed E-state index contributed by atoms with van der Waals surface area (Å²) in [5.74, 6) is -1.37. The fraction of sp³-hybridized carbons (Fsp3) is 0.375. The molecule has 1 aliphatic rings. The molecule has 3 amide bonds. The summed E-state index contributed by atoms with van der Waals surface area (Å²) in [6.45, 7) is -2.17. The number of ether oxygens (including phenoxy) is 1. The number of nitrogens with one attached hydrogen (secondary N) is 1. The smallest absolute Gasteiger partial charge is 0.387 e. The summed E-state index contributed by atoms with van der Waals surface area (Å²) in [4.78, 5) is 40.8. The molecule has 0 saturated carbocycles. The average Bonchev–Trinajstić information content (AvgIpc) is 2.81. The van der Waals surface area contributed by atoms with Crippen LogP contribution in [0.15, 0.2) is 48.5 Å². The van der Waals surface area contributed by atoms with Crippen LogP contribution in [0.2, 0.25) is 0 Å². The van der Waals surface area contributed by atoms with Gasteiger partial charge in [0.1, 0.15) is 5.75 Å². The maximum atomic E-state index is 12.9. The maximum Gasteiger partial charge on any atom is 0.387 e. The summed E-state index contributed by atoms with van der Waals surface area (Å²) < 4.78 is 29.8. The molecule has 2 aromatic carbocycles. The fourth-order valence-electron chi connectivity index (χ4n) is 3.79. The highest BCUT2D eigenvalue weighted by atomic mass is 19.3. The van der Waals surface area contributed by atoms with Crippen LogP contribution in [0.3, 0.4) is 0 Å². The highest BCUT2D eigenvalue weighted by Crippen LogP contribution is 2.25. The van der Waals surface area contributed by atoms with E-state index in [9.17, 15) is 23.2 Å². The predicted octanol–water partition coefficient (Wildman–Crippen LogP) is 3.16. The molecular weight excluding hydrogens is 432 g/mol. The monoisotopic (exact) mass is 459 g/mol. The van der Waals surface area contributed by atoms with Gasteiger partial charge >= 0.3 is 6.61 Å². The van der Waals surface area contributed by atoms with E-state index in [4.69, 9.17) is 0 Å². The maximum absolute atomic E-state index is 12.9. The summed E-state index contributed by atoms with van der Waals surface area (Å²) in [5, 5.41) is 2.88. The Labute approximate surface area is 191 Å². The Kier molecular flexibility index (Phi) is 7.97. The van der Waals surface area contributed by atoms with Gasteiger partial charge in [-0.1, -0.05) is 24.3 Å². The molecule has 1 heterocycles. The summed E-state index contributed by atoms with van der Waals surface area (Å²) in [6, 6.07) is 12.9.